The molecule has 0 bridgehead atoms. The van der Waals surface area contributed by atoms with Crippen LogP contribution in [0.3, 0.4) is 0 Å². The maximum atomic E-state index is 6.49. The maximum absolute atomic E-state index is 6.49. The summed E-state index contributed by atoms with van der Waals surface area (Å²) in [4.78, 5) is 0. The number of hydrogen-bond acceptors (Lipinski definition) is 1. The van der Waals surface area contributed by atoms with Gasteiger partial charge in [0.2, 0.25) is 0 Å². The third kappa shape index (κ3) is 4.49. The third-order valence-corrected chi connectivity index (χ3v) is 4.83. The summed E-state index contributed by atoms with van der Waals surface area (Å²) < 4.78 is 0. The minimum atomic E-state index is 0.319. The monoisotopic (exact) mass is 295 g/mol. The van der Waals surface area contributed by atoms with Crippen molar-refractivity contribution >= 4 is 11.6 Å². The molecule has 2 heteroatoms. The Bertz CT molecular complexity index is 445. The summed E-state index contributed by atoms with van der Waals surface area (Å²) in [6.07, 6.45) is 1.11. The van der Waals surface area contributed by atoms with Gasteiger partial charge in [-0.05, 0) is 60.9 Å². The van der Waals surface area contributed by atoms with Crippen LogP contribution in [-0.2, 0) is 0 Å². The van der Waals surface area contributed by atoms with Gasteiger partial charge in [0.1, 0.15) is 0 Å². The average molecular weight is 296 g/mol. The second-order valence-corrected chi connectivity index (χ2v) is 7.48. The highest BCUT2D eigenvalue weighted by Crippen LogP contribution is 2.36. The fourth-order valence-electron chi connectivity index (χ4n) is 2.34. The molecule has 2 unspecified atom stereocenters. The smallest absolute Gasteiger partial charge is 0.0456 e. The fourth-order valence-corrected chi connectivity index (χ4v) is 2.69. The summed E-state index contributed by atoms with van der Waals surface area (Å²) in [7, 11) is 0. The Hall–Kier alpha value is -0.530. The molecule has 0 fully saturated rings. The number of rotatable bonds is 5. The van der Waals surface area contributed by atoms with Crippen LogP contribution in [0.25, 0.3) is 0 Å². The highest BCUT2D eigenvalue weighted by atomic mass is 35.5. The molecule has 1 aromatic carbocycles. The van der Waals surface area contributed by atoms with Crippen molar-refractivity contribution in [1.82, 2.24) is 5.32 Å². The van der Waals surface area contributed by atoms with Crippen LogP contribution in [-0.4, -0.2) is 6.54 Å². The summed E-state index contributed by atoms with van der Waals surface area (Å²) in [5.41, 5.74) is 4.14. The van der Waals surface area contributed by atoms with Crippen LogP contribution in [0.2, 0.25) is 5.02 Å². The predicted octanol–water partition coefficient (Wildman–Crippen LogP) is 5.68. The highest BCUT2D eigenvalue weighted by molar-refractivity contribution is 6.31. The second kappa shape index (κ2) is 6.95. The molecule has 0 aliphatic heterocycles. The Kier molecular flexibility index (Phi) is 6.09. The van der Waals surface area contributed by atoms with Gasteiger partial charge in [0.15, 0.2) is 0 Å². The number of aryl methyl sites for hydroxylation is 2. The third-order valence-electron chi connectivity index (χ3n) is 4.51. The minimum Gasteiger partial charge on any atom is -0.310 e. The molecule has 0 aliphatic carbocycles. The van der Waals surface area contributed by atoms with Gasteiger partial charge in [-0.2, -0.15) is 0 Å². The van der Waals surface area contributed by atoms with E-state index in [1.54, 1.807) is 0 Å². The number of halogens is 1. The lowest BCUT2D eigenvalue weighted by Gasteiger charge is -2.32. The molecule has 1 aromatic rings. The van der Waals surface area contributed by atoms with Gasteiger partial charge in [-0.3, -0.25) is 0 Å². The minimum absolute atomic E-state index is 0.319. The molecule has 2 atom stereocenters. The lowest BCUT2D eigenvalue weighted by molar-refractivity contribution is 0.224. The normalized spacial score (nSPS) is 15.2. The second-order valence-electron chi connectivity index (χ2n) is 7.07. The van der Waals surface area contributed by atoms with Crippen molar-refractivity contribution in [3.63, 3.8) is 0 Å². The largest absolute Gasteiger partial charge is 0.310 e. The highest BCUT2D eigenvalue weighted by Gasteiger charge is 2.25. The summed E-state index contributed by atoms with van der Waals surface area (Å²) in [6, 6.07) is 4.68. The van der Waals surface area contributed by atoms with Crippen LogP contribution < -0.4 is 5.32 Å². The molecule has 0 saturated heterocycles. The van der Waals surface area contributed by atoms with Crippen LogP contribution in [0.1, 0.15) is 63.8 Å². The molecule has 0 aromatic heterocycles. The molecular weight excluding hydrogens is 266 g/mol. The van der Waals surface area contributed by atoms with E-state index in [1.807, 2.05) is 0 Å². The predicted molar refractivity (Wildman–Crippen MR) is 90.6 cm³/mol. The van der Waals surface area contributed by atoms with Gasteiger partial charge in [0, 0.05) is 11.1 Å². The van der Waals surface area contributed by atoms with Crippen LogP contribution in [0.15, 0.2) is 12.1 Å². The van der Waals surface area contributed by atoms with E-state index in [0.29, 0.717) is 17.4 Å². The summed E-state index contributed by atoms with van der Waals surface area (Å²) in [5, 5.41) is 4.49. The van der Waals surface area contributed by atoms with Gasteiger partial charge in [0.05, 0.1) is 0 Å². The van der Waals surface area contributed by atoms with Crippen molar-refractivity contribution in [2.45, 2.75) is 60.9 Å². The van der Waals surface area contributed by atoms with E-state index in [-0.39, 0.29) is 0 Å². The molecule has 1 N–H and O–H groups in total. The maximum Gasteiger partial charge on any atom is 0.0456 e. The molecular formula is C18H30ClN. The van der Waals surface area contributed by atoms with Crippen molar-refractivity contribution in [3.8, 4) is 0 Å². The molecule has 1 nitrogen and oxygen atoms in total. The van der Waals surface area contributed by atoms with Crippen molar-refractivity contribution in [1.29, 1.82) is 0 Å². The lowest BCUT2D eigenvalue weighted by atomic mass is 9.77. The zero-order valence-corrected chi connectivity index (χ0v) is 14.9. The SMILES string of the molecule is CCNC(CC(C)C(C)(C)C)c1cc(C)c(C)cc1Cl. The molecule has 0 spiro atoms. The van der Waals surface area contributed by atoms with Crippen LogP contribution in [0, 0.1) is 25.2 Å². The van der Waals surface area contributed by atoms with Crippen molar-refractivity contribution in [2.24, 2.45) is 11.3 Å². The quantitative estimate of drug-likeness (QED) is 0.737. The fraction of sp³-hybridized carbons (Fsp3) is 0.667. The van der Waals surface area contributed by atoms with E-state index in [9.17, 15) is 0 Å². The molecule has 0 amide bonds. The average Bonchev–Trinajstić information content (AvgIpc) is 2.32. The molecule has 1 rings (SSSR count). The van der Waals surface area contributed by atoms with Gasteiger partial charge in [-0.15, -0.1) is 0 Å². The standard InChI is InChI=1S/C18H30ClN/c1-8-20-17(11-14(4)18(5,6)7)15-9-12(2)13(3)10-16(15)19/h9-10,14,17,20H,8,11H2,1-7H3. The number of benzene rings is 1. The number of hydrogen-bond donors (Lipinski definition) is 1. The van der Waals surface area contributed by atoms with Crippen molar-refractivity contribution < 1.29 is 0 Å². The van der Waals surface area contributed by atoms with E-state index in [2.05, 4.69) is 65.9 Å². The van der Waals surface area contributed by atoms with E-state index < -0.39 is 0 Å². The van der Waals surface area contributed by atoms with Crippen LogP contribution in [0.5, 0.6) is 0 Å². The molecule has 0 saturated carbocycles. The molecule has 20 heavy (non-hydrogen) atoms. The topological polar surface area (TPSA) is 12.0 Å². The molecule has 0 aliphatic rings. The van der Waals surface area contributed by atoms with E-state index in [4.69, 9.17) is 11.6 Å². The van der Waals surface area contributed by atoms with Crippen LogP contribution in [0.4, 0.5) is 0 Å². The van der Waals surface area contributed by atoms with Crippen molar-refractivity contribution in [2.75, 3.05) is 6.54 Å². The Balaban J connectivity index is 3.05. The summed E-state index contributed by atoms with van der Waals surface area (Å²) in [6.45, 7) is 16.7. The first-order valence-electron chi connectivity index (χ1n) is 7.66. The van der Waals surface area contributed by atoms with E-state index in [0.717, 1.165) is 18.0 Å². The lowest BCUT2D eigenvalue weighted by Crippen LogP contribution is -2.27. The molecule has 0 heterocycles. The molecule has 0 radical (unpaired) electrons. The van der Waals surface area contributed by atoms with Gasteiger partial charge in [-0.25, -0.2) is 0 Å². The Labute approximate surface area is 130 Å². The van der Waals surface area contributed by atoms with E-state index >= 15 is 0 Å². The first kappa shape index (κ1) is 17.5. The first-order chi connectivity index (χ1) is 9.16. The van der Waals surface area contributed by atoms with Gasteiger partial charge >= 0.3 is 0 Å². The van der Waals surface area contributed by atoms with Crippen LogP contribution >= 0.6 is 11.6 Å². The first-order valence-corrected chi connectivity index (χ1v) is 8.04. The van der Waals surface area contributed by atoms with Gasteiger partial charge in [-0.1, -0.05) is 52.3 Å². The zero-order chi connectivity index (χ0) is 15.5. The number of nitrogens with one attached hydrogen (secondary N) is 1. The van der Waals surface area contributed by atoms with Gasteiger partial charge in [0.25, 0.3) is 0 Å². The van der Waals surface area contributed by atoms with E-state index in [1.165, 1.54) is 16.7 Å². The Morgan fingerprint density at radius 1 is 1.15 bits per heavy atom. The Morgan fingerprint density at radius 3 is 2.20 bits per heavy atom. The summed E-state index contributed by atoms with van der Waals surface area (Å²) in [5.74, 6) is 0.629. The Morgan fingerprint density at radius 2 is 1.70 bits per heavy atom. The zero-order valence-electron chi connectivity index (χ0n) is 14.1. The molecule has 114 valence electrons. The van der Waals surface area contributed by atoms with Crippen molar-refractivity contribution in [3.05, 3.63) is 33.8 Å². The van der Waals surface area contributed by atoms with Gasteiger partial charge < -0.3 is 5.32 Å². The summed E-state index contributed by atoms with van der Waals surface area (Å²) >= 11 is 6.49.